The zero-order chi connectivity index (χ0) is 26.9. The fourth-order valence-electron chi connectivity index (χ4n) is 3.04. The van der Waals surface area contributed by atoms with Crippen LogP contribution in [0.15, 0.2) is 60.9 Å². The summed E-state index contributed by atoms with van der Waals surface area (Å²) in [4.78, 5) is 41.7. The molecule has 0 aliphatic heterocycles. The Morgan fingerprint density at radius 3 is 2.28 bits per heavy atom. The number of ether oxygens (including phenoxy) is 1. The van der Waals surface area contributed by atoms with Gasteiger partial charge in [0.25, 0.3) is 5.91 Å². The van der Waals surface area contributed by atoms with E-state index in [4.69, 9.17) is 14.6 Å². The summed E-state index contributed by atoms with van der Waals surface area (Å²) in [6.45, 7) is 1.88. The van der Waals surface area contributed by atoms with Crippen LogP contribution in [0.4, 0.5) is 13.2 Å². The largest absolute Gasteiger partial charge is 0.490 e. The van der Waals surface area contributed by atoms with Crippen LogP contribution in [-0.2, 0) is 9.59 Å². The van der Waals surface area contributed by atoms with Gasteiger partial charge in [-0.3, -0.25) is 14.6 Å². The maximum absolute atomic E-state index is 13.0. The summed E-state index contributed by atoms with van der Waals surface area (Å²) in [5.41, 5.74) is 3.26. The van der Waals surface area contributed by atoms with E-state index in [0.29, 0.717) is 11.3 Å². The van der Waals surface area contributed by atoms with E-state index in [-0.39, 0.29) is 12.3 Å². The highest BCUT2D eigenvalue weighted by molar-refractivity contribution is 5.96. The molecule has 3 N–H and O–H groups in total. The average molecular weight is 505 g/mol. The number of rotatable bonds is 7. The molecule has 36 heavy (non-hydrogen) atoms. The lowest BCUT2D eigenvalue weighted by Crippen LogP contribution is -2.30. The molecule has 190 valence electrons. The number of hydrogen-bond donors (Lipinski definition) is 3. The van der Waals surface area contributed by atoms with E-state index in [2.05, 4.69) is 15.3 Å². The monoisotopic (exact) mass is 505 g/mol. The molecule has 0 unspecified atom stereocenters. The first-order valence-electron chi connectivity index (χ1n) is 10.3. The number of carbonyl (C=O) groups excluding carboxylic acids is 1. The van der Waals surface area contributed by atoms with Gasteiger partial charge in [-0.2, -0.15) is 13.2 Å². The second-order valence-corrected chi connectivity index (χ2v) is 7.31. The van der Waals surface area contributed by atoms with Crippen LogP contribution in [0.25, 0.3) is 11.3 Å². The number of benzene rings is 1. The highest BCUT2D eigenvalue weighted by atomic mass is 19.4. The maximum atomic E-state index is 13.0. The molecule has 3 rings (SSSR count). The Hall–Kier alpha value is -4.48. The van der Waals surface area contributed by atoms with Crippen molar-refractivity contribution in [2.45, 2.75) is 25.6 Å². The van der Waals surface area contributed by atoms with E-state index >= 15 is 0 Å². The van der Waals surface area contributed by atoms with Gasteiger partial charge < -0.3 is 20.3 Å². The van der Waals surface area contributed by atoms with E-state index in [1.807, 2.05) is 37.3 Å². The molecule has 0 bridgehead atoms. The van der Waals surface area contributed by atoms with Crippen LogP contribution in [0.5, 0.6) is 5.88 Å². The van der Waals surface area contributed by atoms with Gasteiger partial charge in [-0.1, -0.05) is 24.3 Å². The number of amides is 1. The van der Waals surface area contributed by atoms with Gasteiger partial charge in [0.15, 0.2) is 0 Å². The highest BCUT2D eigenvalue weighted by Gasteiger charge is 2.38. The van der Waals surface area contributed by atoms with Crippen LogP contribution >= 0.6 is 0 Å². The van der Waals surface area contributed by atoms with Crippen LogP contribution in [0.2, 0.25) is 0 Å². The summed E-state index contributed by atoms with van der Waals surface area (Å²) in [5.74, 6) is -3.89. The van der Waals surface area contributed by atoms with Crippen molar-refractivity contribution in [3.8, 4) is 17.1 Å². The predicted octanol–water partition coefficient (Wildman–Crippen LogP) is 4.04. The number of aryl methyl sites for hydroxylation is 1. The Bertz CT molecular complexity index is 1220. The second kappa shape index (κ2) is 12.3. The summed E-state index contributed by atoms with van der Waals surface area (Å²) in [7, 11) is 1.47. The van der Waals surface area contributed by atoms with E-state index in [0.717, 1.165) is 16.7 Å². The lowest BCUT2D eigenvalue weighted by atomic mass is 9.98. The van der Waals surface area contributed by atoms with Crippen LogP contribution in [0.3, 0.4) is 0 Å². The number of nitrogens with zero attached hydrogens (tertiary/aromatic N) is 2. The van der Waals surface area contributed by atoms with Crippen molar-refractivity contribution in [3.63, 3.8) is 0 Å². The number of pyridine rings is 2. The fraction of sp³-hybridized carbons (Fsp3) is 0.208. The van der Waals surface area contributed by atoms with Gasteiger partial charge in [0.1, 0.15) is 0 Å². The number of halogens is 3. The standard InChI is InChI=1S/C22H21N3O4.C2HF3O2/c1-14-6-3-4-8-17(14)19(12-21(26)27)25-22(28)16-10-18(24-20(11-16)29-2)15-7-5-9-23-13-15;3-2(4,5)1(6)7/h3-11,13,19H,12H2,1-2H3,(H,25,28)(H,26,27);(H,6,7)/t19-;/m0./s1. The summed E-state index contributed by atoms with van der Waals surface area (Å²) < 4.78 is 37.0. The first-order chi connectivity index (χ1) is 16.9. The number of methoxy groups -OCH3 is 1. The van der Waals surface area contributed by atoms with Gasteiger partial charge in [-0.05, 0) is 36.2 Å². The Morgan fingerprint density at radius 1 is 1.08 bits per heavy atom. The number of hydrogen-bond acceptors (Lipinski definition) is 6. The number of nitrogens with one attached hydrogen (secondary N) is 1. The summed E-state index contributed by atoms with van der Waals surface area (Å²) >= 11 is 0. The van der Waals surface area contributed by atoms with Crippen molar-refractivity contribution in [2.75, 3.05) is 7.11 Å². The first-order valence-corrected chi connectivity index (χ1v) is 10.3. The number of aliphatic carboxylic acids is 2. The van der Waals surface area contributed by atoms with Crippen molar-refractivity contribution in [2.24, 2.45) is 0 Å². The Labute approximate surface area is 203 Å². The number of carboxylic acid groups (broad SMARTS) is 2. The van der Waals surface area contributed by atoms with Crippen LogP contribution in [0.1, 0.15) is 33.9 Å². The molecule has 0 aliphatic carbocycles. The molecular weight excluding hydrogens is 483 g/mol. The van der Waals surface area contributed by atoms with E-state index in [1.165, 1.54) is 13.2 Å². The van der Waals surface area contributed by atoms with E-state index in [9.17, 15) is 27.9 Å². The topological polar surface area (TPSA) is 139 Å². The lowest BCUT2D eigenvalue weighted by molar-refractivity contribution is -0.192. The fourth-order valence-corrected chi connectivity index (χ4v) is 3.04. The summed E-state index contributed by atoms with van der Waals surface area (Å²) in [6.07, 6.45) is -2.02. The smallest absolute Gasteiger partial charge is 0.481 e. The SMILES string of the molecule is COc1cc(C(=O)N[C@@H](CC(=O)O)c2ccccc2C)cc(-c2cccnc2)n1.O=C(O)C(F)(F)F. The van der Waals surface area contributed by atoms with Crippen molar-refractivity contribution < 1.29 is 42.5 Å². The third kappa shape index (κ3) is 8.08. The molecule has 9 nitrogen and oxygen atoms in total. The van der Waals surface area contributed by atoms with Gasteiger partial charge in [0.2, 0.25) is 5.88 Å². The van der Waals surface area contributed by atoms with Crippen molar-refractivity contribution in [1.82, 2.24) is 15.3 Å². The Morgan fingerprint density at radius 2 is 1.75 bits per heavy atom. The molecule has 2 heterocycles. The molecule has 0 saturated carbocycles. The molecule has 0 spiro atoms. The molecule has 1 aromatic carbocycles. The average Bonchev–Trinajstić information content (AvgIpc) is 2.83. The predicted molar refractivity (Wildman–Crippen MR) is 121 cm³/mol. The molecule has 0 aliphatic rings. The third-order valence-electron chi connectivity index (χ3n) is 4.72. The van der Waals surface area contributed by atoms with E-state index < -0.39 is 30.1 Å². The number of carbonyl (C=O) groups is 3. The molecule has 3 aromatic rings. The third-order valence-corrected chi connectivity index (χ3v) is 4.72. The van der Waals surface area contributed by atoms with Crippen molar-refractivity contribution in [3.05, 3.63) is 77.6 Å². The maximum Gasteiger partial charge on any atom is 0.490 e. The van der Waals surface area contributed by atoms with Gasteiger partial charge in [0, 0.05) is 29.6 Å². The zero-order valence-electron chi connectivity index (χ0n) is 19.1. The van der Waals surface area contributed by atoms with Crippen molar-refractivity contribution in [1.29, 1.82) is 0 Å². The number of aromatic nitrogens is 2. The lowest BCUT2D eigenvalue weighted by Gasteiger charge is -2.20. The first kappa shape index (κ1) is 27.8. The molecule has 1 amide bonds. The normalized spacial score (nSPS) is 11.5. The minimum absolute atomic E-state index is 0.228. The Balaban J connectivity index is 0.000000572. The molecule has 0 fully saturated rings. The molecule has 0 saturated heterocycles. The van der Waals surface area contributed by atoms with Crippen molar-refractivity contribution >= 4 is 17.8 Å². The van der Waals surface area contributed by atoms with Crippen LogP contribution in [-0.4, -0.2) is 51.3 Å². The Kier molecular flexibility index (Phi) is 9.48. The molecule has 1 atom stereocenters. The summed E-state index contributed by atoms with van der Waals surface area (Å²) in [6, 6.07) is 13.5. The van der Waals surface area contributed by atoms with E-state index in [1.54, 1.807) is 24.5 Å². The molecule has 2 aromatic heterocycles. The second-order valence-electron chi connectivity index (χ2n) is 7.31. The van der Waals surface area contributed by atoms with Gasteiger partial charge in [-0.15, -0.1) is 0 Å². The molecular formula is C24H22F3N3O6. The number of alkyl halides is 3. The van der Waals surface area contributed by atoms with Gasteiger partial charge in [0.05, 0.1) is 25.3 Å². The highest BCUT2D eigenvalue weighted by Crippen LogP contribution is 2.24. The van der Waals surface area contributed by atoms with Crippen LogP contribution < -0.4 is 10.1 Å². The quantitative estimate of drug-likeness (QED) is 0.437. The van der Waals surface area contributed by atoms with Gasteiger partial charge in [-0.25, -0.2) is 9.78 Å². The molecule has 0 radical (unpaired) electrons. The summed E-state index contributed by atoms with van der Waals surface area (Å²) in [5, 5.41) is 19.3. The minimum atomic E-state index is -5.08. The minimum Gasteiger partial charge on any atom is -0.481 e. The molecule has 12 heteroatoms. The van der Waals surface area contributed by atoms with Crippen LogP contribution in [0, 0.1) is 6.92 Å². The number of carboxylic acids is 2. The van der Waals surface area contributed by atoms with Gasteiger partial charge >= 0.3 is 18.1 Å². The zero-order valence-corrected chi connectivity index (χ0v) is 19.1.